The average Bonchev–Trinajstić information content (AvgIpc) is 3.21. The van der Waals surface area contributed by atoms with Gasteiger partial charge in [-0.1, -0.05) is 25.8 Å². The molecule has 4 rings (SSSR count). The molecule has 2 N–H and O–H groups in total. The molecule has 0 saturated heterocycles. The molecule has 0 bridgehead atoms. The van der Waals surface area contributed by atoms with Gasteiger partial charge in [-0.05, 0) is 38.3 Å². The van der Waals surface area contributed by atoms with Crippen LogP contribution in [0, 0.1) is 10.8 Å². The maximum absolute atomic E-state index is 8.75. The van der Waals surface area contributed by atoms with E-state index in [1.165, 1.54) is 12.8 Å². The minimum Gasteiger partial charge on any atom is -0.342 e. The smallest absolute Gasteiger partial charge is 0.180 e. The van der Waals surface area contributed by atoms with Gasteiger partial charge in [-0.25, -0.2) is 9.97 Å². The van der Waals surface area contributed by atoms with Gasteiger partial charge in [0.25, 0.3) is 0 Å². The molecule has 2 aromatic heterocycles. The first kappa shape index (κ1) is 17.6. The molecule has 7 nitrogen and oxygen atoms in total. The largest absolute Gasteiger partial charge is 0.342 e. The molecular weight excluding hydrogens is 338 g/mol. The number of nitrogens with one attached hydrogen (secondary N) is 2. The molecule has 7 heteroatoms. The molecule has 2 aliphatic rings. The fourth-order valence-electron chi connectivity index (χ4n) is 4.25. The maximum atomic E-state index is 8.75. The number of pyridine rings is 1. The van der Waals surface area contributed by atoms with Crippen LogP contribution in [0.4, 0.5) is 11.5 Å². The summed E-state index contributed by atoms with van der Waals surface area (Å²) in [7, 11) is 0. The Kier molecular flexibility index (Phi) is 4.59. The van der Waals surface area contributed by atoms with Crippen molar-refractivity contribution in [2.45, 2.75) is 58.0 Å². The Morgan fingerprint density at radius 3 is 2.63 bits per heavy atom. The zero-order chi connectivity index (χ0) is 19.0. The number of amidine groups is 2. The van der Waals surface area contributed by atoms with Crippen LogP contribution in [-0.2, 0) is 0 Å². The average molecular weight is 363 g/mol. The second-order valence-electron chi connectivity index (χ2n) is 7.19. The second-order valence-corrected chi connectivity index (χ2v) is 7.19. The number of hydrogen-bond acceptors (Lipinski definition) is 6. The Balaban J connectivity index is 1.89. The molecule has 0 amide bonds. The molecule has 3 heterocycles. The van der Waals surface area contributed by atoms with Crippen LogP contribution in [0.5, 0.6) is 0 Å². The third-order valence-corrected chi connectivity index (χ3v) is 5.46. The zero-order valence-corrected chi connectivity index (χ0v) is 15.8. The van der Waals surface area contributed by atoms with Crippen LogP contribution in [0.2, 0.25) is 0 Å². The third kappa shape index (κ3) is 2.97. The maximum Gasteiger partial charge on any atom is 0.180 e. The van der Waals surface area contributed by atoms with Gasteiger partial charge in [0.15, 0.2) is 11.6 Å². The third-order valence-electron chi connectivity index (χ3n) is 5.46. The summed E-state index contributed by atoms with van der Waals surface area (Å²) in [6.45, 7) is 3.81. The summed E-state index contributed by atoms with van der Waals surface area (Å²) in [4.78, 5) is 17.8. The number of fused-ring (bicyclic) bond motifs is 1. The molecule has 1 fully saturated rings. The highest BCUT2D eigenvalue weighted by Crippen LogP contribution is 2.40. The van der Waals surface area contributed by atoms with Crippen molar-refractivity contribution in [3.05, 3.63) is 30.6 Å². The summed E-state index contributed by atoms with van der Waals surface area (Å²) in [5.41, 5.74) is 1.46. The summed E-state index contributed by atoms with van der Waals surface area (Å²) in [5, 5.41) is 17.0. The van der Waals surface area contributed by atoms with Crippen LogP contribution < -0.4 is 9.80 Å². The van der Waals surface area contributed by atoms with E-state index in [0.29, 0.717) is 23.5 Å². The van der Waals surface area contributed by atoms with Crippen LogP contribution in [0.3, 0.4) is 0 Å². The van der Waals surface area contributed by atoms with Crippen LogP contribution in [0.1, 0.15) is 46.0 Å². The fourth-order valence-corrected chi connectivity index (χ4v) is 4.25. The van der Waals surface area contributed by atoms with Crippen molar-refractivity contribution >= 4 is 23.2 Å². The van der Waals surface area contributed by atoms with Gasteiger partial charge in [0.1, 0.15) is 23.1 Å². The van der Waals surface area contributed by atoms with Crippen molar-refractivity contribution < 1.29 is 0 Å². The summed E-state index contributed by atoms with van der Waals surface area (Å²) >= 11 is 0. The number of hydrogen-bond donors (Lipinski definition) is 2. The van der Waals surface area contributed by atoms with Gasteiger partial charge in [-0.15, -0.1) is 0 Å². The molecule has 140 valence electrons. The van der Waals surface area contributed by atoms with E-state index in [4.69, 9.17) is 15.8 Å². The van der Waals surface area contributed by atoms with E-state index < -0.39 is 0 Å². The van der Waals surface area contributed by atoms with Gasteiger partial charge < -0.3 is 4.90 Å². The van der Waals surface area contributed by atoms with Gasteiger partial charge in [0.05, 0.1) is 12.2 Å². The Labute approximate surface area is 159 Å². The molecule has 1 atom stereocenters. The van der Waals surface area contributed by atoms with Crippen molar-refractivity contribution in [1.82, 2.24) is 15.0 Å². The number of aromatic nitrogens is 3. The topological polar surface area (TPSA) is 92.8 Å². The summed E-state index contributed by atoms with van der Waals surface area (Å²) in [5.74, 6) is 2.17. The Hall–Kier alpha value is -2.83. The number of anilines is 2. The Morgan fingerprint density at radius 2 is 2.00 bits per heavy atom. The first-order valence-electron chi connectivity index (χ1n) is 9.62. The van der Waals surface area contributed by atoms with Crippen LogP contribution in [-0.4, -0.2) is 38.7 Å². The van der Waals surface area contributed by atoms with E-state index in [0.717, 1.165) is 36.5 Å². The van der Waals surface area contributed by atoms with Crippen molar-refractivity contribution in [3.63, 3.8) is 0 Å². The SMILES string of the molecule is CC[C@@H]1C(=N)N(C(C)=N)c2cnc(-c3ccccn3)nc2N1C1CCCC1. The lowest BCUT2D eigenvalue weighted by atomic mass is 10.0. The van der Waals surface area contributed by atoms with Gasteiger partial charge >= 0.3 is 0 Å². The van der Waals surface area contributed by atoms with E-state index in [-0.39, 0.29) is 6.04 Å². The van der Waals surface area contributed by atoms with Crippen LogP contribution >= 0.6 is 0 Å². The summed E-state index contributed by atoms with van der Waals surface area (Å²) in [6.07, 6.45) is 8.96. The van der Waals surface area contributed by atoms with E-state index in [9.17, 15) is 0 Å². The van der Waals surface area contributed by atoms with E-state index in [2.05, 4.69) is 21.8 Å². The molecule has 0 aromatic carbocycles. The first-order valence-corrected chi connectivity index (χ1v) is 9.62. The zero-order valence-electron chi connectivity index (χ0n) is 15.8. The van der Waals surface area contributed by atoms with Gasteiger partial charge in [-0.3, -0.25) is 20.7 Å². The van der Waals surface area contributed by atoms with E-state index >= 15 is 0 Å². The molecule has 1 aliphatic carbocycles. The van der Waals surface area contributed by atoms with Crippen molar-refractivity contribution in [2.75, 3.05) is 9.80 Å². The van der Waals surface area contributed by atoms with Crippen molar-refractivity contribution in [1.29, 1.82) is 10.8 Å². The highest BCUT2D eigenvalue weighted by Gasteiger charge is 2.41. The van der Waals surface area contributed by atoms with Crippen molar-refractivity contribution in [3.8, 4) is 11.5 Å². The summed E-state index contributed by atoms with van der Waals surface area (Å²) in [6, 6.07) is 6.02. The molecule has 2 aromatic rings. The summed E-state index contributed by atoms with van der Waals surface area (Å²) < 4.78 is 0. The predicted octanol–water partition coefficient (Wildman–Crippen LogP) is 3.86. The molecule has 27 heavy (non-hydrogen) atoms. The lowest BCUT2D eigenvalue weighted by Crippen LogP contribution is -2.57. The number of nitrogens with zero attached hydrogens (tertiary/aromatic N) is 5. The molecule has 1 saturated carbocycles. The minimum atomic E-state index is -0.0765. The molecule has 1 aliphatic heterocycles. The van der Waals surface area contributed by atoms with Gasteiger partial charge in [-0.2, -0.15) is 0 Å². The monoisotopic (exact) mass is 363 g/mol. The van der Waals surface area contributed by atoms with Gasteiger partial charge in [0, 0.05) is 12.2 Å². The quantitative estimate of drug-likeness (QED) is 0.638. The van der Waals surface area contributed by atoms with Crippen LogP contribution in [0.15, 0.2) is 30.6 Å². The predicted molar refractivity (Wildman–Crippen MR) is 108 cm³/mol. The lowest BCUT2D eigenvalue weighted by Gasteiger charge is -2.45. The Bertz CT molecular complexity index is 858. The van der Waals surface area contributed by atoms with E-state index in [1.807, 2.05) is 18.2 Å². The van der Waals surface area contributed by atoms with Crippen molar-refractivity contribution in [2.24, 2.45) is 0 Å². The lowest BCUT2D eigenvalue weighted by molar-refractivity contribution is 0.547. The molecule has 0 radical (unpaired) electrons. The number of rotatable bonds is 3. The molecule has 0 unspecified atom stereocenters. The molecule has 0 spiro atoms. The van der Waals surface area contributed by atoms with E-state index in [1.54, 1.807) is 24.2 Å². The van der Waals surface area contributed by atoms with Gasteiger partial charge in [0.2, 0.25) is 0 Å². The fraction of sp³-hybridized carbons (Fsp3) is 0.450. The highest BCUT2D eigenvalue weighted by molar-refractivity contribution is 6.21. The minimum absolute atomic E-state index is 0.0765. The normalized spacial score (nSPS) is 20.1. The standard InChI is InChI=1S/C20H25N7/c1-3-16-18(22)26(13(2)21)17-12-24-19(15-10-6-7-11-23-15)25-20(17)27(16)14-8-4-5-9-14/h6-7,10-12,14,16,21-22H,3-5,8-9H2,1-2H3/t16-/m1/s1. The van der Waals surface area contributed by atoms with Crippen LogP contribution in [0.25, 0.3) is 11.5 Å². The first-order chi connectivity index (χ1) is 13.1. The second kappa shape index (κ2) is 7.06. The Morgan fingerprint density at radius 1 is 1.22 bits per heavy atom. The highest BCUT2D eigenvalue weighted by atomic mass is 15.4. The molecular formula is C20H25N7.